The molecule has 0 saturated heterocycles. The Morgan fingerprint density at radius 2 is 1.63 bits per heavy atom. The lowest BCUT2D eigenvalue weighted by Gasteiger charge is -2.15. The Hall–Kier alpha value is -0.820. The van der Waals surface area contributed by atoms with Crippen LogP contribution >= 0.6 is 69.6 Å². The van der Waals surface area contributed by atoms with Gasteiger partial charge < -0.3 is 4.74 Å². The first-order chi connectivity index (χ1) is 12.5. The van der Waals surface area contributed by atoms with Crippen LogP contribution in [0.1, 0.15) is 24.1 Å². The number of alkyl halides is 6. The average Bonchev–Trinajstić information content (AvgIpc) is 2.58. The molecule has 1 aromatic heterocycles. The smallest absolute Gasteiger partial charge is 0.330 e. The Bertz CT molecular complexity index is 830. The largest absolute Gasteiger partial charge is 0.463 e. The standard InChI is InChI=1S/C16H11Cl6N3O2/c1-2-27-11(26)7-6-9-4-3-5-10(8-9)12-23-13(15(17,18)19)25-14(24-12)16(20,21)22/h3-8H,2H2,1H3. The van der Waals surface area contributed by atoms with Gasteiger partial charge in [-0.3, -0.25) is 0 Å². The number of nitrogens with zero attached hydrogens (tertiary/aromatic N) is 3. The molecule has 0 aliphatic rings. The fourth-order valence-electron chi connectivity index (χ4n) is 1.89. The van der Waals surface area contributed by atoms with Crippen molar-refractivity contribution in [3.63, 3.8) is 0 Å². The van der Waals surface area contributed by atoms with Crippen LogP contribution in [0.2, 0.25) is 0 Å². The topological polar surface area (TPSA) is 65.0 Å². The Morgan fingerprint density at radius 3 is 2.15 bits per heavy atom. The van der Waals surface area contributed by atoms with E-state index in [4.69, 9.17) is 74.3 Å². The van der Waals surface area contributed by atoms with Crippen LogP contribution in [0.4, 0.5) is 0 Å². The number of carbonyl (C=O) groups is 1. The number of hydrogen-bond acceptors (Lipinski definition) is 5. The molecule has 0 amide bonds. The van der Waals surface area contributed by atoms with Crippen molar-refractivity contribution in [3.8, 4) is 11.4 Å². The van der Waals surface area contributed by atoms with Gasteiger partial charge in [0.05, 0.1) is 6.61 Å². The second-order valence-corrected chi connectivity index (χ2v) is 9.58. The molecule has 0 aliphatic heterocycles. The predicted octanol–water partition coefficient (Wildman–Crippen LogP) is 5.77. The highest BCUT2D eigenvalue weighted by atomic mass is 35.6. The Morgan fingerprint density at radius 1 is 1.04 bits per heavy atom. The maximum absolute atomic E-state index is 11.5. The molecule has 0 unspecified atom stereocenters. The van der Waals surface area contributed by atoms with Gasteiger partial charge in [0.1, 0.15) is 0 Å². The first-order valence-electron chi connectivity index (χ1n) is 7.36. The molecule has 0 fully saturated rings. The summed E-state index contributed by atoms with van der Waals surface area (Å²) in [7, 11) is 0. The van der Waals surface area contributed by atoms with E-state index in [0.717, 1.165) is 0 Å². The number of benzene rings is 1. The van der Waals surface area contributed by atoms with Crippen molar-refractivity contribution in [3.05, 3.63) is 47.6 Å². The van der Waals surface area contributed by atoms with Gasteiger partial charge >= 0.3 is 5.97 Å². The fourth-order valence-corrected chi connectivity index (χ4v) is 2.40. The molecule has 1 heterocycles. The van der Waals surface area contributed by atoms with E-state index in [0.29, 0.717) is 11.1 Å². The Labute approximate surface area is 185 Å². The highest BCUT2D eigenvalue weighted by molar-refractivity contribution is 6.67. The van der Waals surface area contributed by atoms with Crippen molar-refractivity contribution in [2.45, 2.75) is 14.5 Å². The molecule has 2 rings (SSSR count). The van der Waals surface area contributed by atoms with E-state index in [9.17, 15) is 4.79 Å². The highest BCUT2D eigenvalue weighted by Crippen LogP contribution is 2.40. The van der Waals surface area contributed by atoms with E-state index in [2.05, 4.69) is 15.0 Å². The first kappa shape index (κ1) is 22.5. The average molecular weight is 490 g/mol. The first-order valence-corrected chi connectivity index (χ1v) is 9.63. The number of ether oxygens (including phenoxy) is 1. The number of rotatable bonds is 4. The van der Waals surface area contributed by atoms with Crippen LogP contribution in [0.3, 0.4) is 0 Å². The molecule has 0 N–H and O–H groups in total. The van der Waals surface area contributed by atoms with E-state index in [1.165, 1.54) is 6.08 Å². The molecule has 0 radical (unpaired) electrons. The summed E-state index contributed by atoms with van der Waals surface area (Å²) < 4.78 is 0.957. The second kappa shape index (κ2) is 9.12. The molecule has 11 heteroatoms. The number of halogens is 6. The van der Waals surface area contributed by atoms with Crippen LogP contribution in [0.15, 0.2) is 30.3 Å². The molecule has 144 valence electrons. The van der Waals surface area contributed by atoms with E-state index in [-0.39, 0.29) is 24.1 Å². The third kappa shape index (κ3) is 6.63. The summed E-state index contributed by atoms with van der Waals surface area (Å²) >= 11 is 35.2. The van der Waals surface area contributed by atoms with Crippen LogP contribution in [-0.2, 0) is 17.1 Å². The summed E-state index contributed by atoms with van der Waals surface area (Å²) in [6, 6.07) is 6.91. The lowest BCUT2D eigenvalue weighted by atomic mass is 10.1. The zero-order chi connectivity index (χ0) is 20.2. The van der Waals surface area contributed by atoms with Crippen LogP contribution in [-0.4, -0.2) is 27.5 Å². The summed E-state index contributed by atoms with van der Waals surface area (Å²) in [5.41, 5.74) is 1.22. The van der Waals surface area contributed by atoms with Crippen LogP contribution < -0.4 is 0 Å². The SMILES string of the molecule is CCOC(=O)C=Cc1cccc(-c2nc(C(Cl)(Cl)Cl)nc(C(Cl)(Cl)Cl)n2)c1. The lowest BCUT2D eigenvalue weighted by Crippen LogP contribution is -2.16. The van der Waals surface area contributed by atoms with E-state index >= 15 is 0 Å². The number of aromatic nitrogens is 3. The monoisotopic (exact) mass is 487 g/mol. The van der Waals surface area contributed by atoms with Crippen molar-refractivity contribution in [1.82, 2.24) is 15.0 Å². The number of carbonyl (C=O) groups excluding carboxylic acids is 1. The summed E-state index contributed by atoms with van der Waals surface area (Å²) in [6.45, 7) is 2.01. The van der Waals surface area contributed by atoms with Gasteiger partial charge in [-0.2, -0.15) is 0 Å². The van der Waals surface area contributed by atoms with Crippen molar-refractivity contribution in [2.24, 2.45) is 0 Å². The molecule has 5 nitrogen and oxygen atoms in total. The molecule has 2 aromatic rings. The minimum Gasteiger partial charge on any atom is -0.463 e. The number of hydrogen-bond donors (Lipinski definition) is 0. The summed E-state index contributed by atoms with van der Waals surface area (Å²) in [4.78, 5) is 23.7. The van der Waals surface area contributed by atoms with Gasteiger partial charge in [0.2, 0.25) is 7.59 Å². The van der Waals surface area contributed by atoms with Gasteiger partial charge in [-0.25, -0.2) is 19.7 Å². The van der Waals surface area contributed by atoms with Crippen molar-refractivity contribution >= 4 is 81.7 Å². The van der Waals surface area contributed by atoms with E-state index < -0.39 is 13.6 Å². The predicted molar refractivity (Wildman–Crippen MR) is 109 cm³/mol. The molecule has 0 bridgehead atoms. The Balaban J connectivity index is 2.48. The molecule has 0 spiro atoms. The summed E-state index contributed by atoms with van der Waals surface area (Å²) in [5, 5.41) is 0. The normalized spacial score (nSPS) is 12.4. The van der Waals surface area contributed by atoms with Crippen molar-refractivity contribution in [2.75, 3.05) is 6.61 Å². The Kier molecular flexibility index (Phi) is 7.59. The molecule has 0 aliphatic carbocycles. The molecular weight excluding hydrogens is 479 g/mol. The quantitative estimate of drug-likeness (QED) is 0.310. The molecule has 1 aromatic carbocycles. The van der Waals surface area contributed by atoms with Crippen LogP contribution in [0.25, 0.3) is 17.5 Å². The molecule has 0 atom stereocenters. The molecule has 27 heavy (non-hydrogen) atoms. The molecular formula is C16H11Cl6N3O2. The van der Waals surface area contributed by atoms with Gasteiger partial charge in [-0.1, -0.05) is 87.8 Å². The highest BCUT2D eigenvalue weighted by Gasteiger charge is 2.34. The van der Waals surface area contributed by atoms with Gasteiger partial charge in [-0.15, -0.1) is 0 Å². The minimum absolute atomic E-state index is 0.138. The van der Waals surface area contributed by atoms with E-state index in [1.807, 2.05) is 0 Å². The van der Waals surface area contributed by atoms with Gasteiger partial charge in [0.25, 0.3) is 0 Å². The second-order valence-electron chi connectivity index (χ2n) is 5.01. The lowest BCUT2D eigenvalue weighted by molar-refractivity contribution is -0.137. The summed E-state index contributed by atoms with van der Waals surface area (Å²) in [5.74, 6) is -0.698. The van der Waals surface area contributed by atoms with Gasteiger partial charge in [-0.05, 0) is 24.6 Å². The number of esters is 1. The van der Waals surface area contributed by atoms with Crippen LogP contribution in [0, 0.1) is 0 Å². The van der Waals surface area contributed by atoms with Crippen LogP contribution in [0.5, 0.6) is 0 Å². The maximum atomic E-state index is 11.5. The van der Waals surface area contributed by atoms with Crippen molar-refractivity contribution in [1.29, 1.82) is 0 Å². The van der Waals surface area contributed by atoms with E-state index in [1.54, 1.807) is 37.3 Å². The maximum Gasteiger partial charge on any atom is 0.330 e. The fraction of sp³-hybridized carbons (Fsp3) is 0.250. The van der Waals surface area contributed by atoms with Gasteiger partial charge in [0.15, 0.2) is 17.5 Å². The zero-order valence-corrected chi connectivity index (χ0v) is 18.1. The minimum atomic E-state index is -1.94. The van der Waals surface area contributed by atoms with Crippen molar-refractivity contribution < 1.29 is 9.53 Å². The third-order valence-corrected chi connectivity index (χ3v) is 4.00. The molecule has 0 saturated carbocycles. The zero-order valence-electron chi connectivity index (χ0n) is 13.6. The summed E-state index contributed by atoms with van der Waals surface area (Å²) in [6.07, 6.45) is 2.88. The third-order valence-electron chi connectivity index (χ3n) is 2.99. The van der Waals surface area contributed by atoms with Gasteiger partial charge in [0, 0.05) is 11.6 Å².